The van der Waals surface area contributed by atoms with Gasteiger partial charge in [-0.25, -0.2) is 0 Å². The zero-order chi connectivity index (χ0) is 14.5. The van der Waals surface area contributed by atoms with Crippen LogP contribution in [0.1, 0.15) is 81.9 Å². The van der Waals surface area contributed by atoms with Gasteiger partial charge in [0.2, 0.25) is 0 Å². The topological polar surface area (TPSA) is 0 Å². The first kappa shape index (κ1) is 14.4. The van der Waals surface area contributed by atoms with Gasteiger partial charge in [-0.2, -0.15) is 0 Å². The summed E-state index contributed by atoms with van der Waals surface area (Å²) in [7, 11) is 0. The van der Waals surface area contributed by atoms with Crippen LogP contribution in [-0.2, 0) is 10.8 Å². The van der Waals surface area contributed by atoms with Gasteiger partial charge in [-0.1, -0.05) is 52.3 Å². The number of alkyl halides is 1. The Labute approximate surface area is 128 Å². The Morgan fingerprint density at radius 2 is 1.60 bits per heavy atom. The second-order valence-electron chi connectivity index (χ2n) is 8.17. The Kier molecular flexibility index (Phi) is 3.44. The fourth-order valence-corrected chi connectivity index (χ4v) is 4.17. The molecular formula is C19H27Cl. The van der Waals surface area contributed by atoms with E-state index in [9.17, 15) is 0 Å². The van der Waals surface area contributed by atoms with Crippen molar-refractivity contribution in [2.45, 2.75) is 76.0 Å². The molecule has 110 valence electrons. The van der Waals surface area contributed by atoms with E-state index in [4.69, 9.17) is 11.6 Å². The first-order valence-electron chi connectivity index (χ1n) is 8.10. The highest BCUT2D eigenvalue weighted by Gasteiger charge is 2.37. The predicted octanol–water partition coefficient (Wildman–Crippen LogP) is 6.12. The fourth-order valence-electron chi connectivity index (χ4n) is 3.78. The lowest BCUT2D eigenvalue weighted by Gasteiger charge is -2.42. The quantitative estimate of drug-likeness (QED) is 0.576. The molecule has 0 radical (unpaired) electrons. The molecule has 0 N–H and O–H groups in total. The highest BCUT2D eigenvalue weighted by molar-refractivity contribution is 6.21. The first-order valence-corrected chi connectivity index (χ1v) is 8.54. The number of halogens is 1. The molecule has 2 aliphatic rings. The fraction of sp³-hybridized carbons (Fsp3) is 0.684. The van der Waals surface area contributed by atoms with Gasteiger partial charge in [-0.15, -0.1) is 11.6 Å². The van der Waals surface area contributed by atoms with Gasteiger partial charge in [0.1, 0.15) is 0 Å². The molecule has 0 bridgehead atoms. The summed E-state index contributed by atoms with van der Waals surface area (Å²) >= 11 is 6.71. The van der Waals surface area contributed by atoms with E-state index < -0.39 is 0 Å². The molecule has 0 saturated heterocycles. The molecule has 1 atom stereocenters. The van der Waals surface area contributed by atoms with Crippen molar-refractivity contribution in [3.05, 3.63) is 34.9 Å². The van der Waals surface area contributed by atoms with E-state index in [0.29, 0.717) is 11.3 Å². The highest BCUT2D eigenvalue weighted by Crippen LogP contribution is 2.48. The van der Waals surface area contributed by atoms with E-state index in [0.717, 1.165) is 0 Å². The van der Waals surface area contributed by atoms with Crippen LogP contribution in [0.3, 0.4) is 0 Å². The Hall–Kier alpha value is -0.490. The maximum Gasteiger partial charge on any atom is 0.0613 e. The van der Waals surface area contributed by atoms with E-state index in [1.54, 1.807) is 0 Å². The summed E-state index contributed by atoms with van der Waals surface area (Å²) in [5, 5.41) is 0.217. The van der Waals surface area contributed by atoms with Crippen molar-refractivity contribution in [1.29, 1.82) is 0 Å². The van der Waals surface area contributed by atoms with Crippen molar-refractivity contribution in [1.82, 2.24) is 0 Å². The molecule has 0 amide bonds. The lowest BCUT2D eigenvalue weighted by atomic mass is 9.62. The molecule has 0 aliphatic heterocycles. The molecule has 1 aromatic carbocycles. The second-order valence-corrected chi connectivity index (χ2v) is 8.64. The van der Waals surface area contributed by atoms with Crippen molar-refractivity contribution in [2.75, 3.05) is 0 Å². The number of rotatable bonds is 2. The minimum atomic E-state index is 0.217. The number of fused-ring (bicyclic) bond motifs is 1. The van der Waals surface area contributed by atoms with Crippen LogP contribution in [-0.4, -0.2) is 0 Å². The smallest absolute Gasteiger partial charge is 0.0613 e. The third-order valence-electron chi connectivity index (χ3n) is 5.76. The van der Waals surface area contributed by atoms with Crippen LogP contribution in [0.4, 0.5) is 0 Å². The summed E-state index contributed by atoms with van der Waals surface area (Å²) in [6.07, 6.45) is 6.52. The zero-order valence-corrected chi connectivity index (χ0v) is 14.1. The van der Waals surface area contributed by atoms with Crippen molar-refractivity contribution in [3.63, 3.8) is 0 Å². The zero-order valence-electron chi connectivity index (χ0n) is 13.3. The summed E-state index contributed by atoms with van der Waals surface area (Å²) < 4.78 is 0. The normalized spacial score (nSPS) is 25.6. The third-order valence-corrected chi connectivity index (χ3v) is 6.37. The maximum absolute atomic E-state index is 6.71. The van der Waals surface area contributed by atoms with E-state index in [1.807, 2.05) is 0 Å². The molecule has 1 fully saturated rings. The van der Waals surface area contributed by atoms with Crippen LogP contribution < -0.4 is 0 Å². The van der Waals surface area contributed by atoms with Crippen molar-refractivity contribution < 1.29 is 0 Å². The van der Waals surface area contributed by atoms with Crippen LogP contribution in [0.15, 0.2) is 18.2 Å². The maximum atomic E-state index is 6.71. The van der Waals surface area contributed by atoms with Crippen LogP contribution in [0.25, 0.3) is 0 Å². The van der Waals surface area contributed by atoms with E-state index in [1.165, 1.54) is 48.8 Å². The average molecular weight is 291 g/mol. The Morgan fingerprint density at radius 3 is 2.15 bits per heavy atom. The molecule has 20 heavy (non-hydrogen) atoms. The van der Waals surface area contributed by atoms with Crippen molar-refractivity contribution in [2.24, 2.45) is 5.92 Å². The first-order chi connectivity index (χ1) is 9.31. The monoisotopic (exact) mass is 290 g/mol. The number of hydrogen-bond acceptors (Lipinski definition) is 0. The largest absolute Gasteiger partial charge is 0.118 e. The molecule has 0 spiro atoms. The molecule has 2 aliphatic carbocycles. The summed E-state index contributed by atoms with van der Waals surface area (Å²) in [5.41, 5.74) is 5.02. The highest BCUT2D eigenvalue weighted by atomic mass is 35.5. The van der Waals surface area contributed by atoms with Gasteiger partial charge in [-0.05, 0) is 59.1 Å². The van der Waals surface area contributed by atoms with Crippen molar-refractivity contribution >= 4 is 11.6 Å². The summed E-state index contributed by atoms with van der Waals surface area (Å²) in [5.74, 6) is 0.703. The minimum absolute atomic E-state index is 0.217. The molecule has 0 nitrogen and oxygen atoms in total. The lowest BCUT2D eigenvalue weighted by Crippen LogP contribution is -2.34. The van der Waals surface area contributed by atoms with Crippen LogP contribution in [0.2, 0.25) is 0 Å². The van der Waals surface area contributed by atoms with Crippen molar-refractivity contribution in [3.8, 4) is 0 Å². The molecule has 0 heterocycles. The van der Waals surface area contributed by atoms with Crippen LogP contribution in [0.5, 0.6) is 0 Å². The van der Waals surface area contributed by atoms with Gasteiger partial charge in [0.25, 0.3) is 0 Å². The summed E-state index contributed by atoms with van der Waals surface area (Å²) in [6.45, 7) is 9.53. The molecule has 1 unspecified atom stereocenters. The number of hydrogen-bond donors (Lipinski definition) is 0. The average Bonchev–Trinajstić information content (AvgIpc) is 2.32. The van der Waals surface area contributed by atoms with Gasteiger partial charge < -0.3 is 0 Å². The van der Waals surface area contributed by atoms with Crippen LogP contribution in [0, 0.1) is 5.92 Å². The van der Waals surface area contributed by atoms with Gasteiger partial charge >= 0.3 is 0 Å². The molecule has 0 aromatic heterocycles. The van der Waals surface area contributed by atoms with Crippen LogP contribution >= 0.6 is 11.6 Å². The second kappa shape index (κ2) is 4.77. The van der Waals surface area contributed by atoms with Gasteiger partial charge in [-0.3, -0.25) is 0 Å². The van der Waals surface area contributed by atoms with E-state index >= 15 is 0 Å². The molecule has 1 heteroatoms. The van der Waals surface area contributed by atoms with Gasteiger partial charge in [0.15, 0.2) is 0 Å². The Morgan fingerprint density at radius 1 is 1.00 bits per heavy atom. The minimum Gasteiger partial charge on any atom is -0.118 e. The SMILES string of the molecule is CC1(C)CCC(C)(C)c2cc(C(Cl)C3CCC3)ccc21. The predicted molar refractivity (Wildman–Crippen MR) is 87.7 cm³/mol. The molecule has 3 rings (SSSR count). The molecular weight excluding hydrogens is 264 g/mol. The van der Waals surface area contributed by atoms with E-state index in [-0.39, 0.29) is 10.8 Å². The number of benzene rings is 1. The molecule has 1 aromatic rings. The standard InChI is InChI=1S/C19H27Cl/c1-18(2)10-11-19(3,4)16-12-14(8-9-15(16)18)17(20)13-6-5-7-13/h8-9,12-13,17H,5-7,10-11H2,1-4H3. The Bertz CT molecular complexity index is 508. The molecule has 1 saturated carbocycles. The summed E-state index contributed by atoms with van der Waals surface area (Å²) in [6, 6.07) is 7.07. The van der Waals surface area contributed by atoms with Gasteiger partial charge in [0, 0.05) is 0 Å². The van der Waals surface area contributed by atoms with E-state index in [2.05, 4.69) is 45.9 Å². The summed E-state index contributed by atoms with van der Waals surface area (Å²) in [4.78, 5) is 0. The third kappa shape index (κ3) is 2.30. The van der Waals surface area contributed by atoms with Gasteiger partial charge in [0.05, 0.1) is 5.38 Å². The lowest BCUT2D eigenvalue weighted by molar-refractivity contribution is 0.304. The Balaban J connectivity index is 2.01.